The number of carbonyl (C=O) groups excluding carboxylic acids is 5. The Balaban J connectivity index is 0.000000193. The van der Waals surface area contributed by atoms with E-state index >= 15 is 0 Å². The van der Waals surface area contributed by atoms with Crippen molar-refractivity contribution in [2.24, 2.45) is 10.8 Å². The summed E-state index contributed by atoms with van der Waals surface area (Å²) in [5, 5.41) is 10.00. The van der Waals surface area contributed by atoms with Gasteiger partial charge < -0.3 is 26.2 Å². The van der Waals surface area contributed by atoms with Crippen molar-refractivity contribution in [3.05, 3.63) is 149 Å². The molecule has 372 valence electrons. The van der Waals surface area contributed by atoms with Gasteiger partial charge in [0.05, 0.1) is 11.0 Å². The summed E-state index contributed by atoms with van der Waals surface area (Å²) in [6.45, 7) is 10.7. The van der Waals surface area contributed by atoms with Gasteiger partial charge in [0.15, 0.2) is 10.9 Å². The molecule has 4 N–H and O–H groups in total. The largest absolute Gasteiger partial charge is 0.375 e. The lowest BCUT2D eigenvalue weighted by atomic mass is 9.84. The molecular weight excluding hydrogens is 1050 g/mol. The maximum Gasteiger partial charge on any atom is 0.265 e. The number of ketones is 1. The van der Waals surface area contributed by atoms with Crippen LogP contribution in [-0.2, 0) is 35.8 Å². The number of amides is 4. The molecule has 0 atom stereocenters. The molecular formula is C51H49BrCl2N10O7S. The Kier molecular flexibility index (Phi) is 15.1. The van der Waals surface area contributed by atoms with Crippen molar-refractivity contribution in [3.8, 4) is 11.3 Å². The molecule has 2 aromatic carbocycles. The molecule has 0 bridgehead atoms. The number of nitrogens with two attached hydrogens (primary N) is 1. The number of hydrogen-bond donors (Lipinski definition) is 3. The molecule has 5 aromatic heterocycles. The number of fused-ring (bicyclic) bond motifs is 2. The monoisotopic (exact) mass is 1090 g/mol. The minimum absolute atomic E-state index is 0.0370. The lowest BCUT2D eigenvalue weighted by Gasteiger charge is -2.45. The number of anilines is 1. The van der Waals surface area contributed by atoms with Crippen LogP contribution in [0.4, 0.5) is 5.13 Å². The summed E-state index contributed by atoms with van der Waals surface area (Å²) in [6.07, 6.45) is 2.96. The second-order valence-electron chi connectivity index (χ2n) is 19.2. The summed E-state index contributed by atoms with van der Waals surface area (Å²) in [5.74, 6) is -1.75. The highest BCUT2D eigenvalue weighted by Gasteiger charge is 2.38. The van der Waals surface area contributed by atoms with Crippen LogP contribution in [0, 0.1) is 10.8 Å². The average molecular weight is 1100 g/mol. The third kappa shape index (κ3) is 11.8. The molecule has 2 aliphatic rings. The summed E-state index contributed by atoms with van der Waals surface area (Å²) in [7, 11) is 0. The predicted octanol–water partition coefficient (Wildman–Crippen LogP) is 6.98. The van der Waals surface area contributed by atoms with Crippen LogP contribution < -0.4 is 27.5 Å². The Morgan fingerprint density at radius 1 is 0.681 bits per heavy atom. The number of alkyl halides is 1. The molecule has 0 radical (unpaired) electrons. The number of Topliss-reactive ketones (excluding diaryl/α,β-unsaturated/α-hetero) is 1. The Bertz CT molecular complexity index is 3400. The number of halogens is 3. The van der Waals surface area contributed by atoms with Gasteiger partial charge in [-0.2, -0.15) is 0 Å². The summed E-state index contributed by atoms with van der Waals surface area (Å²) in [4.78, 5) is 107. The van der Waals surface area contributed by atoms with Gasteiger partial charge in [0, 0.05) is 89.0 Å². The van der Waals surface area contributed by atoms with Crippen molar-refractivity contribution in [2.45, 2.75) is 53.9 Å². The van der Waals surface area contributed by atoms with E-state index < -0.39 is 22.9 Å². The fraction of sp³-hybridized carbons (Fsp3) is 0.294. The first-order chi connectivity index (χ1) is 34.2. The van der Waals surface area contributed by atoms with Crippen molar-refractivity contribution in [2.75, 3.05) is 37.2 Å². The van der Waals surface area contributed by atoms with Gasteiger partial charge in [-0.25, -0.2) is 15.0 Å². The zero-order chi connectivity index (χ0) is 51.6. The fourth-order valence-corrected chi connectivity index (χ4v) is 9.64. The van der Waals surface area contributed by atoms with Gasteiger partial charge in [0.1, 0.15) is 35.5 Å². The third-order valence-corrected chi connectivity index (χ3v) is 13.8. The van der Waals surface area contributed by atoms with Crippen LogP contribution in [0.5, 0.6) is 0 Å². The highest BCUT2D eigenvalue weighted by Crippen LogP contribution is 2.31. The van der Waals surface area contributed by atoms with Gasteiger partial charge in [-0.15, -0.1) is 11.3 Å². The third-order valence-electron chi connectivity index (χ3n) is 12.1. The van der Waals surface area contributed by atoms with Crippen molar-refractivity contribution in [1.29, 1.82) is 0 Å². The number of nitrogens with zero attached hydrogens (tertiary/aromatic N) is 7. The summed E-state index contributed by atoms with van der Waals surface area (Å²) >= 11 is 16.3. The van der Waals surface area contributed by atoms with Crippen molar-refractivity contribution in [3.63, 3.8) is 0 Å². The number of thiazole rings is 1. The summed E-state index contributed by atoms with van der Waals surface area (Å²) < 4.78 is 2.49. The second kappa shape index (κ2) is 21.1. The first-order valence-electron chi connectivity index (χ1n) is 22.7. The lowest BCUT2D eigenvalue weighted by molar-refractivity contribution is -0.142. The molecule has 9 rings (SSSR count). The number of nitrogens with one attached hydrogen (secondary N) is 2. The topological polar surface area (TPSA) is 225 Å². The van der Waals surface area contributed by atoms with E-state index in [1.807, 2.05) is 5.38 Å². The van der Waals surface area contributed by atoms with E-state index in [4.69, 9.17) is 28.9 Å². The highest BCUT2D eigenvalue weighted by molar-refractivity contribution is 9.09. The molecule has 4 amide bonds. The zero-order valence-corrected chi connectivity index (χ0v) is 43.5. The molecule has 0 unspecified atom stereocenters. The fourth-order valence-electron chi connectivity index (χ4n) is 8.50. The summed E-state index contributed by atoms with van der Waals surface area (Å²) in [5.41, 5.74) is 8.34. The van der Waals surface area contributed by atoms with E-state index in [2.05, 4.69) is 69.2 Å². The molecule has 0 spiro atoms. The van der Waals surface area contributed by atoms with E-state index in [9.17, 15) is 33.6 Å². The molecule has 7 aromatic rings. The van der Waals surface area contributed by atoms with Crippen molar-refractivity contribution >= 4 is 107 Å². The molecule has 72 heavy (non-hydrogen) atoms. The number of pyridine rings is 4. The first-order valence-corrected chi connectivity index (χ1v) is 25.4. The van der Waals surface area contributed by atoms with E-state index in [0.717, 1.165) is 11.1 Å². The normalized spacial score (nSPS) is 14.4. The number of aromatic nitrogens is 5. The zero-order valence-electron chi connectivity index (χ0n) is 39.6. The number of nitrogen functional groups attached to an aromatic ring is 1. The van der Waals surface area contributed by atoms with Crippen LogP contribution in [0.25, 0.3) is 33.3 Å². The standard InChI is InChI=1S/C26H25ClN6O3S.C25H24BrClN4O4/c1-26(2)13-32(14-26)21(34)11-33-22-16(7-17(10-29-22)20-12-37-25(28)31-20)8-19(24(33)36)23(35)30-9-15-3-5-18(27)6-4-15;1-25(2)13-30(14-25)21(33)12-31-22-16(7-17(11-28-22)20(32)9-26)8-19(24(31)35)23(34)29-10-15-3-5-18(27)6-4-15/h3-8,10,12H,9,11,13-14H2,1-2H3,(H2,28,31)(H,30,35);3-8,11H,9-10,12-14H2,1-2H3,(H,29,34). The molecule has 0 saturated carbocycles. The minimum atomic E-state index is -0.619. The van der Waals surface area contributed by atoms with Crippen LogP contribution in [-0.4, -0.2) is 94.8 Å². The lowest BCUT2D eigenvalue weighted by Crippen LogP contribution is -2.56. The van der Waals surface area contributed by atoms with E-state index in [0.29, 0.717) is 74.6 Å². The number of rotatable bonds is 13. The van der Waals surface area contributed by atoms with Crippen LogP contribution in [0.1, 0.15) is 69.9 Å². The van der Waals surface area contributed by atoms with E-state index in [1.165, 1.54) is 38.8 Å². The van der Waals surface area contributed by atoms with Gasteiger partial charge in [-0.05, 0) is 70.5 Å². The van der Waals surface area contributed by atoms with Crippen LogP contribution in [0.2, 0.25) is 10.0 Å². The van der Waals surface area contributed by atoms with Gasteiger partial charge >= 0.3 is 0 Å². The van der Waals surface area contributed by atoms with Crippen LogP contribution in [0.15, 0.2) is 100 Å². The minimum Gasteiger partial charge on any atom is -0.375 e. The predicted molar refractivity (Wildman–Crippen MR) is 282 cm³/mol. The maximum absolute atomic E-state index is 13.5. The van der Waals surface area contributed by atoms with Gasteiger partial charge in [0.25, 0.3) is 22.9 Å². The first kappa shape index (κ1) is 51.6. The smallest absolute Gasteiger partial charge is 0.265 e. The Labute approximate surface area is 435 Å². The van der Waals surface area contributed by atoms with E-state index in [1.54, 1.807) is 76.7 Å². The number of benzene rings is 2. The van der Waals surface area contributed by atoms with Crippen molar-refractivity contribution in [1.82, 2.24) is 44.5 Å². The average Bonchev–Trinajstić information content (AvgIpc) is 3.78. The second-order valence-corrected chi connectivity index (χ2v) is 21.6. The highest BCUT2D eigenvalue weighted by atomic mass is 79.9. The van der Waals surface area contributed by atoms with Crippen LogP contribution >= 0.6 is 50.5 Å². The quantitative estimate of drug-likeness (QED) is 0.0789. The van der Waals surface area contributed by atoms with Gasteiger partial charge in [0.2, 0.25) is 11.8 Å². The molecule has 2 saturated heterocycles. The molecule has 2 fully saturated rings. The summed E-state index contributed by atoms with van der Waals surface area (Å²) in [6, 6.07) is 20.3. The van der Waals surface area contributed by atoms with Crippen molar-refractivity contribution < 1.29 is 24.0 Å². The molecule has 21 heteroatoms. The molecule has 17 nitrogen and oxygen atoms in total. The maximum atomic E-state index is 13.5. The number of hydrogen-bond acceptors (Lipinski definition) is 12. The van der Waals surface area contributed by atoms with Gasteiger partial charge in [-0.1, -0.05) is 91.1 Å². The van der Waals surface area contributed by atoms with Gasteiger partial charge in [-0.3, -0.25) is 42.7 Å². The van der Waals surface area contributed by atoms with Crippen LogP contribution in [0.3, 0.4) is 0 Å². The SMILES string of the molecule is CC1(C)CN(C(=O)Cn2c(=O)c(C(=O)NCc3ccc(Cl)cc3)cc3cc(-c4csc(N)n4)cnc32)C1.CC1(C)CN(C(=O)Cn2c(=O)c(C(=O)NCc3ccc(Cl)cc3)cc3cc(C(=O)CBr)cnc32)C1. The Morgan fingerprint density at radius 3 is 1.54 bits per heavy atom. The molecule has 0 aliphatic carbocycles. The van der Waals surface area contributed by atoms with E-state index in [-0.39, 0.29) is 76.7 Å². The Hall–Kier alpha value is -6.80. The Morgan fingerprint density at radius 2 is 1.12 bits per heavy atom. The molecule has 2 aliphatic heterocycles. The number of likely N-dealkylation sites (tertiary alicyclic amines) is 2. The molecule has 7 heterocycles. The number of carbonyl (C=O) groups is 5.